The van der Waals surface area contributed by atoms with Gasteiger partial charge in [-0.3, -0.25) is 9.88 Å². The van der Waals surface area contributed by atoms with Gasteiger partial charge in [0.05, 0.1) is 10.6 Å². The van der Waals surface area contributed by atoms with Crippen LogP contribution in [0.4, 0.5) is 13.2 Å². The second kappa shape index (κ2) is 6.77. The first-order valence-electron chi connectivity index (χ1n) is 8.12. The van der Waals surface area contributed by atoms with Gasteiger partial charge < -0.3 is 0 Å². The van der Waals surface area contributed by atoms with Crippen LogP contribution >= 0.6 is 11.3 Å². The molecule has 0 radical (unpaired) electrons. The van der Waals surface area contributed by atoms with E-state index in [0.717, 1.165) is 46.6 Å². The molecule has 0 aromatic carbocycles. The van der Waals surface area contributed by atoms with Crippen LogP contribution in [0.3, 0.4) is 0 Å². The fourth-order valence-electron chi connectivity index (χ4n) is 2.98. The summed E-state index contributed by atoms with van der Waals surface area (Å²) in [6.45, 7) is 2.03. The van der Waals surface area contributed by atoms with Crippen molar-refractivity contribution in [1.82, 2.24) is 19.9 Å². The molecule has 0 fully saturated rings. The summed E-state index contributed by atoms with van der Waals surface area (Å²) in [5.74, 6) is 0.749. The monoisotopic (exact) mass is 376 g/mol. The van der Waals surface area contributed by atoms with Gasteiger partial charge in [-0.25, -0.2) is 9.97 Å². The van der Waals surface area contributed by atoms with Gasteiger partial charge in [0.1, 0.15) is 5.69 Å². The van der Waals surface area contributed by atoms with Gasteiger partial charge in [0.2, 0.25) is 0 Å². The van der Waals surface area contributed by atoms with Crippen molar-refractivity contribution in [2.75, 3.05) is 6.54 Å². The minimum Gasteiger partial charge on any atom is -0.294 e. The van der Waals surface area contributed by atoms with E-state index >= 15 is 0 Å². The zero-order valence-corrected chi connectivity index (χ0v) is 14.5. The number of hydrogen-bond donors (Lipinski definition) is 0. The maximum Gasteiger partial charge on any atom is 0.433 e. The van der Waals surface area contributed by atoms with E-state index in [2.05, 4.69) is 19.9 Å². The first-order chi connectivity index (χ1) is 12.5. The summed E-state index contributed by atoms with van der Waals surface area (Å²) in [4.78, 5) is 15.9. The lowest BCUT2D eigenvalue weighted by Gasteiger charge is -2.28. The van der Waals surface area contributed by atoms with Crippen molar-refractivity contribution in [3.8, 4) is 10.7 Å². The summed E-state index contributed by atoms with van der Waals surface area (Å²) in [5.41, 5.74) is 2.01. The molecule has 134 valence electrons. The largest absolute Gasteiger partial charge is 0.433 e. The first kappa shape index (κ1) is 17.1. The highest BCUT2D eigenvalue weighted by atomic mass is 32.1. The minimum absolute atomic E-state index is 0.553. The van der Waals surface area contributed by atoms with Crippen molar-refractivity contribution in [2.45, 2.75) is 25.7 Å². The van der Waals surface area contributed by atoms with E-state index < -0.39 is 11.9 Å². The molecule has 0 N–H and O–H groups in total. The maximum absolute atomic E-state index is 12.6. The Morgan fingerprint density at radius 3 is 2.69 bits per heavy atom. The van der Waals surface area contributed by atoms with Crippen LogP contribution in [0, 0.1) is 0 Å². The average Bonchev–Trinajstić information content (AvgIpc) is 3.16. The molecule has 0 amide bonds. The molecular formula is C18H15F3N4S. The lowest BCUT2D eigenvalue weighted by molar-refractivity contribution is -0.141. The van der Waals surface area contributed by atoms with Gasteiger partial charge in [-0.1, -0.05) is 12.1 Å². The zero-order chi connectivity index (χ0) is 18.1. The molecule has 4 heterocycles. The van der Waals surface area contributed by atoms with Crippen LogP contribution in [-0.2, 0) is 25.7 Å². The fourth-order valence-corrected chi connectivity index (χ4v) is 3.64. The third-order valence-corrected chi connectivity index (χ3v) is 5.14. The quantitative estimate of drug-likeness (QED) is 0.688. The molecule has 0 unspecified atom stereocenters. The van der Waals surface area contributed by atoms with E-state index in [1.807, 2.05) is 23.7 Å². The number of hydrogen-bond acceptors (Lipinski definition) is 5. The minimum atomic E-state index is -4.40. The van der Waals surface area contributed by atoms with Gasteiger partial charge in [-0.15, -0.1) is 11.3 Å². The molecule has 1 aliphatic rings. The molecule has 26 heavy (non-hydrogen) atoms. The number of nitrogens with zero attached hydrogens (tertiary/aromatic N) is 4. The summed E-state index contributed by atoms with van der Waals surface area (Å²) in [6.07, 6.45) is -0.451. The Morgan fingerprint density at radius 2 is 2.00 bits per heavy atom. The van der Waals surface area contributed by atoms with E-state index in [1.165, 1.54) is 12.3 Å². The molecule has 3 aromatic rings. The number of alkyl halides is 3. The Morgan fingerprint density at radius 1 is 1.12 bits per heavy atom. The van der Waals surface area contributed by atoms with Crippen LogP contribution in [0.5, 0.6) is 0 Å². The highest BCUT2D eigenvalue weighted by Crippen LogP contribution is 2.28. The lowest BCUT2D eigenvalue weighted by Crippen LogP contribution is -2.31. The summed E-state index contributed by atoms with van der Waals surface area (Å²) < 4.78 is 37.8. The van der Waals surface area contributed by atoms with E-state index in [4.69, 9.17) is 0 Å². The molecule has 0 bridgehead atoms. The van der Waals surface area contributed by atoms with Gasteiger partial charge >= 0.3 is 6.18 Å². The van der Waals surface area contributed by atoms with Crippen molar-refractivity contribution >= 4 is 11.3 Å². The van der Waals surface area contributed by atoms with Crippen LogP contribution in [-0.4, -0.2) is 26.4 Å². The van der Waals surface area contributed by atoms with Gasteiger partial charge in [-0.05, 0) is 23.1 Å². The van der Waals surface area contributed by atoms with Crippen molar-refractivity contribution < 1.29 is 13.2 Å². The predicted octanol–water partition coefficient (Wildman–Crippen LogP) is 4.18. The molecule has 4 nitrogen and oxygen atoms in total. The molecule has 4 rings (SSSR count). The molecule has 0 saturated heterocycles. The molecular weight excluding hydrogens is 361 g/mol. The SMILES string of the molecule is FC(F)(F)c1ccc(CN2CCc3nc(-c4cccs4)ncc3C2)cn1. The molecule has 0 atom stereocenters. The number of fused-ring (bicyclic) bond motifs is 1. The number of aromatic nitrogens is 3. The van der Waals surface area contributed by atoms with Crippen molar-refractivity contribution in [2.24, 2.45) is 0 Å². The highest BCUT2D eigenvalue weighted by Gasteiger charge is 2.32. The standard InChI is InChI=1S/C18H15F3N4S/c19-18(20,21)16-4-3-12(8-22-16)10-25-6-5-14-13(11-25)9-23-17(24-14)15-2-1-7-26-15/h1-4,7-9H,5-6,10-11H2. The zero-order valence-electron chi connectivity index (χ0n) is 13.7. The average molecular weight is 376 g/mol. The Balaban J connectivity index is 1.45. The second-order valence-corrected chi connectivity index (χ2v) is 7.10. The van der Waals surface area contributed by atoms with Crippen molar-refractivity contribution in [1.29, 1.82) is 0 Å². The van der Waals surface area contributed by atoms with Gasteiger partial charge in [0.15, 0.2) is 5.82 Å². The van der Waals surface area contributed by atoms with Crippen LogP contribution in [0.15, 0.2) is 42.0 Å². The Hall–Kier alpha value is -2.32. The van der Waals surface area contributed by atoms with Crippen LogP contribution in [0.1, 0.15) is 22.5 Å². The normalized spacial score (nSPS) is 15.0. The Labute approximate surface area is 152 Å². The lowest BCUT2D eigenvalue weighted by atomic mass is 10.1. The highest BCUT2D eigenvalue weighted by molar-refractivity contribution is 7.13. The molecule has 3 aromatic heterocycles. The molecule has 0 saturated carbocycles. The topological polar surface area (TPSA) is 41.9 Å². The molecule has 0 spiro atoms. The van der Waals surface area contributed by atoms with E-state index in [1.54, 1.807) is 11.3 Å². The van der Waals surface area contributed by atoms with Gasteiger partial charge in [0.25, 0.3) is 0 Å². The van der Waals surface area contributed by atoms with Crippen LogP contribution in [0.25, 0.3) is 10.7 Å². The van der Waals surface area contributed by atoms with Crippen LogP contribution in [0.2, 0.25) is 0 Å². The summed E-state index contributed by atoms with van der Waals surface area (Å²) in [7, 11) is 0. The fraction of sp³-hybridized carbons (Fsp3) is 0.278. The van der Waals surface area contributed by atoms with Crippen LogP contribution < -0.4 is 0 Å². The molecule has 8 heteroatoms. The summed E-state index contributed by atoms with van der Waals surface area (Å²) >= 11 is 1.61. The van der Waals surface area contributed by atoms with E-state index in [9.17, 15) is 13.2 Å². The summed E-state index contributed by atoms with van der Waals surface area (Å²) in [5, 5.41) is 2.00. The predicted molar refractivity (Wildman–Crippen MR) is 92.4 cm³/mol. The van der Waals surface area contributed by atoms with Crippen molar-refractivity contribution in [3.63, 3.8) is 0 Å². The van der Waals surface area contributed by atoms with Gasteiger partial charge in [-0.2, -0.15) is 13.2 Å². The number of rotatable bonds is 3. The summed E-state index contributed by atoms with van der Waals surface area (Å²) in [6, 6.07) is 6.49. The molecule has 0 aliphatic carbocycles. The smallest absolute Gasteiger partial charge is 0.294 e. The number of halogens is 3. The van der Waals surface area contributed by atoms with Crippen molar-refractivity contribution in [3.05, 3.63) is 64.6 Å². The second-order valence-electron chi connectivity index (χ2n) is 6.15. The Bertz CT molecular complexity index is 892. The Kier molecular flexibility index (Phi) is 4.46. The first-order valence-corrected chi connectivity index (χ1v) is 9.00. The third kappa shape index (κ3) is 3.61. The molecule has 1 aliphatic heterocycles. The van der Waals surface area contributed by atoms with E-state index in [-0.39, 0.29) is 0 Å². The number of pyridine rings is 1. The van der Waals surface area contributed by atoms with E-state index in [0.29, 0.717) is 13.1 Å². The third-order valence-electron chi connectivity index (χ3n) is 4.28. The maximum atomic E-state index is 12.6. The van der Waals surface area contributed by atoms with Gasteiger partial charge in [0, 0.05) is 44.0 Å². The number of thiophene rings is 1.